The van der Waals surface area contributed by atoms with Gasteiger partial charge in [0, 0.05) is 37.4 Å². The largest absolute Gasteiger partial charge is 0.494 e. The maximum atomic E-state index is 6.03. The molecule has 4 aromatic rings. The summed E-state index contributed by atoms with van der Waals surface area (Å²) >= 11 is 0. The van der Waals surface area contributed by atoms with E-state index >= 15 is 0 Å². The van der Waals surface area contributed by atoms with Crippen molar-refractivity contribution in [2.45, 2.75) is 32.6 Å². The van der Waals surface area contributed by atoms with Gasteiger partial charge in [-0.3, -0.25) is 4.57 Å². The lowest BCUT2D eigenvalue weighted by Gasteiger charge is -2.32. The van der Waals surface area contributed by atoms with Gasteiger partial charge in [0.15, 0.2) is 5.82 Å². The zero-order chi connectivity index (χ0) is 26.2. The molecule has 0 amide bonds. The molecule has 0 N–H and O–H groups in total. The molecule has 5 rings (SSSR count). The lowest BCUT2D eigenvalue weighted by atomic mass is 10.0. The van der Waals surface area contributed by atoms with Gasteiger partial charge in [-0.05, 0) is 68.8 Å². The number of rotatable bonds is 11. The van der Waals surface area contributed by atoms with E-state index in [4.69, 9.17) is 4.74 Å². The van der Waals surface area contributed by atoms with Gasteiger partial charge in [-0.2, -0.15) is 0 Å². The smallest absolute Gasteiger partial charge is 0.168 e. The fraction of sp³-hybridized carbons (Fsp3) is 0.375. The van der Waals surface area contributed by atoms with Crippen molar-refractivity contribution in [2.75, 3.05) is 46.4 Å². The lowest BCUT2D eigenvalue weighted by Crippen LogP contribution is -2.44. The first-order valence-corrected chi connectivity index (χ1v) is 13.9. The Kier molecular flexibility index (Phi) is 8.84. The molecule has 1 saturated heterocycles. The van der Waals surface area contributed by atoms with E-state index in [0.29, 0.717) is 0 Å². The van der Waals surface area contributed by atoms with Crippen molar-refractivity contribution in [1.82, 2.24) is 24.6 Å². The maximum absolute atomic E-state index is 6.03. The van der Waals surface area contributed by atoms with Crippen molar-refractivity contribution < 1.29 is 4.74 Å². The Morgan fingerprint density at radius 1 is 0.684 bits per heavy atom. The molecule has 1 aliphatic heterocycles. The molecule has 2 heterocycles. The molecule has 0 unspecified atom stereocenters. The summed E-state index contributed by atoms with van der Waals surface area (Å²) in [5.41, 5.74) is 4.47. The first kappa shape index (κ1) is 26.1. The van der Waals surface area contributed by atoms with Crippen LogP contribution in [0.15, 0.2) is 78.9 Å². The fourth-order valence-corrected chi connectivity index (χ4v) is 5.04. The standard InChI is InChI=1S/C32H39N5O/c1-26-33-34-32(29-14-12-28(13-15-29)27-10-6-5-7-11-27)37(26)30-16-18-31(19-17-30)38-25-9-4-3-8-20-36-23-21-35(2)22-24-36/h5-7,10-19H,3-4,8-9,20-25H2,1-2H3. The molecule has 0 aliphatic carbocycles. The van der Waals surface area contributed by atoms with Gasteiger partial charge in [0.25, 0.3) is 0 Å². The molecule has 1 fully saturated rings. The third-order valence-electron chi connectivity index (χ3n) is 7.40. The molecule has 0 bridgehead atoms. The summed E-state index contributed by atoms with van der Waals surface area (Å²) in [6, 6.07) is 27.2. The third kappa shape index (κ3) is 6.69. The second kappa shape index (κ2) is 12.9. The summed E-state index contributed by atoms with van der Waals surface area (Å²) < 4.78 is 8.13. The highest BCUT2D eigenvalue weighted by molar-refractivity contribution is 5.68. The molecule has 3 aromatic carbocycles. The summed E-state index contributed by atoms with van der Waals surface area (Å²) in [4.78, 5) is 5.01. The van der Waals surface area contributed by atoms with Gasteiger partial charge in [-0.15, -0.1) is 10.2 Å². The van der Waals surface area contributed by atoms with Crippen molar-refractivity contribution in [1.29, 1.82) is 0 Å². The van der Waals surface area contributed by atoms with Crippen LogP contribution in [-0.4, -0.2) is 70.9 Å². The van der Waals surface area contributed by atoms with Crippen LogP contribution >= 0.6 is 0 Å². The number of aromatic nitrogens is 3. The molecule has 0 saturated carbocycles. The number of hydrogen-bond acceptors (Lipinski definition) is 5. The van der Waals surface area contributed by atoms with Gasteiger partial charge in [0.1, 0.15) is 11.6 Å². The molecule has 198 valence electrons. The summed E-state index contributed by atoms with van der Waals surface area (Å²) in [5.74, 6) is 2.61. The number of hydrogen-bond donors (Lipinski definition) is 0. The molecule has 38 heavy (non-hydrogen) atoms. The number of unbranched alkanes of at least 4 members (excludes halogenated alkanes) is 3. The predicted molar refractivity (Wildman–Crippen MR) is 155 cm³/mol. The van der Waals surface area contributed by atoms with Crippen LogP contribution in [0.4, 0.5) is 0 Å². The first-order valence-electron chi connectivity index (χ1n) is 13.9. The van der Waals surface area contributed by atoms with E-state index in [1.807, 2.05) is 25.1 Å². The van der Waals surface area contributed by atoms with Crippen LogP contribution in [-0.2, 0) is 0 Å². The van der Waals surface area contributed by atoms with Crippen molar-refractivity contribution in [3.8, 4) is 34.0 Å². The van der Waals surface area contributed by atoms with E-state index in [0.717, 1.165) is 41.7 Å². The van der Waals surface area contributed by atoms with E-state index in [1.165, 1.54) is 63.1 Å². The second-order valence-corrected chi connectivity index (χ2v) is 10.3. The highest BCUT2D eigenvalue weighted by atomic mass is 16.5. The minimum absolute atomic E-state index is 0.762. The molecular weight excluding hydrogens is 470 g/mol. The average Bonchev–Trinajstić information content (AvgIpc) is 3.35. The van der Waals surface area contributed by atoms with Gasteiger partial charge in [-0.1, -0.05) is 67.4 Å². The van der Waals surface area contributed by atoms with Gasteiger partial charge < -0.3 is 14.5 Å². The summed E-state index contributed by atoms with van der Waals surface area (Å²) in [6.07, 6.45) is 4.88. The zero-order valence-electron chi connectivity index (χ0n) is 22.7. The Morgan fingerprint density at radius 3 is 2.08 bits per heavy atom. The SMILES string of the molecule is Cc1nnc(-c2ccc(-c3ccccc3)cc2)n1-c1ccc(OCCCCCCN2CCN(C)CC2)cc1. The molecule has 6 nitrogen and oxygen atoms in total. The highest BCUT2D eigenvalue weighted by Gasteiger charge is 2.14. The van der Waals surface area contributed by atoms with Crippen LogP contribution in [0.3, 0.4) is 0 Å². The van der Waals surface area contributed by atoms with E-state index in [9.17, 15) is 0 Å². The second-order valence-electron chi connectivity index (χ2n) is 10.3. The van der Waals surface area contributed by atoms with Crippen LogP contribution in [0, 0.1) is 6.92 Å². The van der Waals surface area contributed by atoms with Crippen molar-refractivity contribution in [3.63, 3.8) is 0 Å². The number of ether oxygens (including phenoxy) is 1. The Morgan fingerprint density at radius 2 is 1.34 bits per heavy atom. The molecule has 1 aliphatic rings. The van der Waals surface area contributed by atoms with E-state index in [-0.39, 0.29) is 0 Å². The Labute approximate surface area is 226 Å². The maximum Gasteiger partial charge on any atom is 0.168 e. The highest BCUT2D eigenvalue weighted by Crippen LogP contribution is 2.27. The van der Waals surface area contributed by atoms with Crippen molar-refractivity contribution >= 4 is 0 Å². The molecular formula is C32H39N5O. The number of benzene rings is 3. The minimum atomic E-state index is 0.762. The topological polar surface area (TPSA) is 46.4 Å². The zero-order valence-corrected chi connectivity index (χ0v) is 22.7. The third-order valence-corrected chi connectivity index (χ3v) is 7.40. The van der Waals surface area contributed by atoms with Crippen LogP contribution in [0.25, 0.3) is 28.2 Å². The number of likely N-dealkylation sites (N-methyl/N-ethyl adjacent to an activating group) is 1. The molecule has 6 heteroatoms. The normalized spacial score (nSPS) is 14.6. The van der Waals surface area contributed by atoms with E-state index in [1.54, 1.807) is 0 Å². The quantitative estimate of drug-likeness (QED) is 0.229. The monoisotopic (exact) mass is 509 g/mol. The van der Waals surface area contributed by atoms with Gasteiger partial charge >= 0.3 is 0 Å². The first-order chi connectivity index (χ1) is 18.7. The summed E-state index contributed by atoms with van der Waals surface area (Å²) in [6.45, 7) is 8.82. The van der Waals surface area contributed by atoms with Crippen LogP contribution < -0.4 is 4.74 Å². The molecule has 0 spiro atoms. The van der Waals surface area contributed by atoms with Gasteiger partial charge in [-0.25, -0.2) is 0 Å². The van der Waals surface area contributed by atoms with E-state index < -0.39 is 0 Å². The predicted octanol–water partition coefficient (Wildman–Crippen LogP) is 6.10. The molecule has 0 radical (unpaired) electrons. The minimum Gasteiger partial charge on any atom is -0.494 e. The van der Waals surface area contributed by atoms with Crippen LogP contribution in [0.1, 0.15) is 31.5 Å². The van der Waals surface area contributed by atoms with Gasteiger partial charge in [0.05, 0.1) is 6.61 Å². The number of nitrogens with zero attached hydrogens (tertiary/aromatic N) is 5. The number of aryl methyl sites for hydroxylation is 1. The Bertz CT molecular complexity index is 1260. The van der Waals surface area contributed by atoms with Crippen LogP contribution in [0.5, 0.6) is 5.75 Å². The van der Waals surface area contributed by atoms with Crippen LogP contribution in [0.2, 0.25) is 0 Å². The van der Waals surface area contributed by atoms with Crippen molar-refractivity contribution in [2.24, 2.45) is 0 Å². The lowest BCUT2D eigenvalue weighted by molar-refractivity contribution is 0.151. The Hall–Kier alpha value is -3.48. The molecule has 1 aromatic heterocycles. The fourth-order valence-electron chi connectivity index (χ4n) is 5.04. The number of piperazine rings is 1. The van der Waals surface area contributed by atoms with E-state index in [2.05, 4.69) is 92.3 Å². The summed E-state index contributed by atoms with van der Waals surface area (Å²) in [5, 5.41) is 8.85. The Balaban J connectivity index is 1.11. The molecule has 0 atom stereocenters. The van der Waals surface area contributed by atoms with Gasteiger partial charge in [0.2, 0.25) is 0 Å². The van der Waals surface area contributed by atoms with Crippen molar-refractivity contribution in [3.05, 3.63) is 84.7 Å². The average molecular weight is 510 g/mol. The summed E-state index contributed by atoms with van der Waals surface area (Å²) in [7, 11) is 2.21.